The molecule has 1 heterocycles. The summed E-state index contributed by atoms with van der Waals surface area (Å²) in [5.74, 6) is -0.283. The lowest BCUT2D eigenvalue weighted by Gasteiger charge is -2.40. The highest BCUT2D eigenvalue weighted by molar-refractivity contribution is 5.68. The van der Waals surface area contributed by atoms with Gasteiger partial charge in [0.05, 0.1) is 19.8 Å². The van der Waals surface area contributed by atoms with Gasteiger partial charge in [-0.15, -0.1) is 0 Å². The van der Waals surface area contributed by atoms with Gasteiger partial charge in [-0.1, -0.05) is 0 Å². The zero-order chi connectivity index (χ0) is 15.1. The standard InChI is InChI=1S/C12H23NO7/c1-18-8(15)4-2-3-5-19-12-9(13)11(17)10(16)7(6-14)20-12/h7,9-12,14,16-17H,2-6,13H2,1H3. The Balaban J connectivity index is 2.30. The molecule has 5 atom stereocenters. The van der Waals surface area contributed by atoms with E-state index in [2.05, 4.69) is 4.74 Å². The van der Waals surface area contributed by atoms with Gasteiger partial charge in [-0.2, -0.15) is 0 Å². The molecule has 1 saturated heterocycles. The van der Waals surface area contributed by atoms with Crippen LogP contribution in [-0.4, -0.2) is 72.3 Å². The molecule has 0 aromatic rings. The Hall–Kier alpha value is -0.770. The Labute approximate surface area is 117 Å². The molecule has 1 fully saturated rings. The van der Waals surface area contributed by atoms with Gasteiger partial charge in [0.1, 0.15) is 18.3 Å². The molecule has 5 unspecified atom stereocenters. The van der Waals surface area contributed by atoms with Crippen molar-refractivity contribution in [2.45, 2.75) is 49.9 Å². The van der Waals surface area contributed by atoms with E-state index in [1.807, 2.05) is 0 Å². The van der Waals surface area contributed by atoms with Gasteiger partial charge in [-0.05, 0) is 12.8 Å². The Kier molecular flexibility index (Phi) is 7.35. The highest BCUT2D eigenvalue weighted by atomic mass is 16.7. The smallest absolute Gasteiger partial charge is 0.305 e. The first-order chi connectivity index (χ1) is 9.51. The average molecular weight is 293 g/mol. The quantitative estimate of drug-likeness (QED) is 0.316. The highest BCUT2D eigenvalue weighted by Crippen LogP contribution is 2.20. The van der Waals surface area contributed by atoms with Crippen molar-refractivity contribution >= 4 is 5.97 Å². The number of esters is 1. The first-order valence-electron chi connectivity index (χ1n) is 6.57. The topological polar surface area (TPSA) is 131 Å². The van der Waals surface area contributed by atoms with Crippen LogP contribution in [0.1, 0.15) is 19.3 Å². The fourth-order valence-electron chi connectivity index (χ4n) is 1.93. The summed E-state index contributed by atoms with van der Waals surface area (Å²) in [7, 11) is 1.33. The largest absolute Gasteiger partial charge is 0.469 e. The molecule has 0 spiro atoms. The van der Waals surface area contributed by atoms with E-state index in [9.17, 15) is 15.0 Å². The number of carbonyl (C=O) groups is 1. The molecule has 8 nitrogen and oxygen atoms in total. The van der Waals surface area contributed by atoms with Gasteiger partial charge in [0, 0.05) is 13.0 Å². The monoisotopic (exact) mass is 293 g/mol. The number of rotatable bonds is 7. The van der Waals surface area contributed by atoms with Crippen molar-refractivity contribution in [1.82, 2.24) is 0 Å². The molecule has 0 radical (unpaired) electrons. The molecule has 0 amide bonds. The maximum absolute atomic E-state index is 10.9. The van der Waals surface area contributed by atoms with E-state index < -0.39 is 37.3 Å². The van der Waals surface area contributed by atoms with Crippen LogP contribution >= 0.6 is 0 Å². The number of unbranched alkanes of at least 4 members (excludes halogenated alkanes) is 1. The Morgan fingerprint density at radius 3 is 2.60 bits per heavy atom. The maximum atomic E-state index is 10.9. The minimum Gasteiger partial charge on any atom is -0.469 e. The summed E-state index contributed by atoms with van der Waals surface area (Å²) in [5.41, 5.74) is 5.70. The van der Waals surface area contributed by atoms with Crippen molar-refractivity contribution < 1.29 is 34.3 Å². The zero-order valence-corrected chi connectivity index (χ0v) is 11.5. The number of nitrogens with two attached hydrogens (primary N) is 1. The molecular formula is C12H23NO7. The SMILES string of the molecule is COC(=O)CCCCOC1OC(CO)C(O)C(O)C1N. The van der Waals surface area contributed by atoms with Crippen LogP contribution in [0.2, 0.25) is 0 Å². The Morgan fingerprint density at radius 1 is 1.30 bits per heavy atom. The Bertz CT molecular complexity index is 300. The molecule has 1 aliphatic heterocycles. The summed E-state index contributed by atoms with van der Waals surface area (Å²) in [6.45, 7) is -0.149. The fourth-order valence-corrected chi connectivity index (χ4v) is 1.93. The molecule has 8 heteroatoms. The summed E-state index contributed by atoms with van der Waals surface area (Å²) >= 11 is 0. The number of aliphatic hydroxyl groups excluding tert-OH is 3. The van der Waals surface area contributed by atoms with Crippen molar-refractivity contribution in [3.8, 4) is 0 Å². The third-order valence-electron chi connectivity index (χ3n) is 3.21. The van der Waals surface area contributed by atoms with Crippen LogP contribution in [0.5, 0.6) is 0 Å². The summed E-state index contributed by atoms with van der Waals surface area (Å²) in [6.07, 6.45) is -2.78. The second kappa shape index (κ2) is 8.50. The van der Waals surface area contributed by atoms with Gasteiger partial charge in [-0.25, -0.2) is 0 Å². The van der Waals surface area contributed by atoms with E-state index in [1.165, 1.54) is 7.11 Å². The predicted octanol–water partition coefficient (Wildman–Crippen LogP) is -1.89. The van der Waals surface area contributed by atoms with Gasteiger partial charge in [0.15, 0.2) is 6.29 Å². The van der Waals surface area contributed by atoms with E-state index >= 15 is 0 Å². The van der Waals surface area contributed by atoms with Crippen LogP contribution < -0.4 is 5.73 Å². The second-order valence-corrected chi connectivity index (χ2v) is 4.69. The molecular weight excluding hydrogens is 270 g/mol. The molecule has 0 saturated carbocycles. The number of ether oxygens (including phenoxy) is 3. The molecule has 0 aromatic carbocycles. The van der Waals surface area contributed by atoms with Crippen molar-refractivity contribution in [3.63, 3.8) is 0 Å². The fraction of sp³-hybridized carbons (Fsp3) is 0.917. The maximum Gasteiger partial charge on any atom is 0.305 e. The van der Waals surface area contributed by atoms with Gasteiger partial charge in [0.2, 0.25) is 0 Å². The van der Waals surface area contributed by atoms with E-state index in [0.717, 1.165) is 0 Å². The normalized spacial score (nSPS) is 34.0. The molecule has 1 rings (SSSR count). The van der Waals surface area contributed by atoms with Gasteiger partial charge >= 0.3 is 5.97 Å². The lowest BCUT2D eigenvalue weighted by molar-refractivity contribution is -0.265. The summed E-state index contributed by atoms with van der Waals surface area (Å²) in [4.78, 5) is 10.9. The number of hydrogen-bond acceptors (Lipinski definition) is 8. The third-order valence-corrected chi connectivity index (χ3v) is 3.21. The van der Waals surface area contributed by atoms with E-state index in [0.29, 0.717) is 19.3 Å². The van der Waals surface area contributed by atoms with Crippen molar-refractivity contribution in [1.29, 1.82) is 0 Å². The van der Waals surface area contributed by atoms with E-state index in [-0.39, 0.29) is 12.6 Å². The van der Waals surface area contributed by atoms with Gasteiger partial charge in [0.25, 0.3) is 0 Å². The van der Waals surface area contributed by atoms with Crippen molar-refractivity contribution in [2.24, 2.45) is 5.73 Å². The van der Waals surface area contributed by atoms with Crippen molar-refractivity contribution in [3.05, 3.63) is 0 Å². The van der Waals surface area contributed by atoms with Gasteiger partial charge < -0.3 is 35.3 Å². The first-order valence-corrected chi connectivity index (χ1v) is 6.57. The average Bonchev–Trinajstić information content (AvgIpc) is 2.46. The molecule has 0 aromatic heterocycles. The van der Waals surface area contributed by atoms with Crippen LogP contribution in [0.3, 0.4) is 0 Å². The number of carbonyl (C=O) groups excluding carboxylic acids is 1. The van der Waals surface area contributed by atoms with Crippen LogP contribution in [-0.2, 0) is 19.0 Å². The molecule has 0 bridgehead atoms. The second-order valence-electron chi connectivity index (χ2n) is 4.69. The number of methoxy groups -OCH3 is 1. The molecule has 5 N–H and O–H groups in total. The van der Waals surface area contributed by atoms with Crippen LogP contribution in [0.15, 0.2) is 0 Å². The first kappa shape index (κ1) is 17.3. The molecule has 1 aliphatic rings. The Morgan fingerprint density at radius 2 is 2.00 bits per heavy atom. The number of hydrogen-bond donors (Lipinski definition) is 4. The number of aliphatic hydroxyl groups is 3. The van der Waals surface area contributed by atoms with E-state index in [4.69, 9.17) is 20.3 Å². The minimum absolute atomic E-state index is 0.283. The summed E-state index contributed by atoms with van der Waals surface area (Å²) < 4.78 is 15.2. The molecule has 20 heavy (non-hydrogen) atoms. The van der Waals surface area contributed by atoms with Crippen LogP contribution in [0.25, 0.3) is 0 Å². The van der Waals surface area contributed by atoms with Crippen LogP contribution in [0.4, 0.5) is 0 Å². The zero-order valence-electron chi connectivity index (χ0n) is 11.5. The summed E-state index contributed by atoms with van der Waals surface area (Å²) in [6, 6.07) is -0.895. The van der Waals surface area contributed by atoms with Gasteiger partial charge in [-0.3, -0.25) is 4.79 Å². The highest BCUT2D eigenvalue weighted by Gasteiger charge is 2.42. The minimum atomic E-state index is -1.24. The molecule has 0 aliphatic carbocycles. The summed E-state index contributed by atoms with van der Waals surface area (Å²) in [5, 5.41) is 28.4. The predicted molar refractivity (Wildman–Crippen MR) is 67.6 cm³/mol. The lowest BCUT2D eigenvalue weighted by atomic mass is 9.98. The molecule has 118 valence electrons. The van der Waals surface area contributed by atoms with Crippen LogP contribution in [0, 0.1) is 0 Å². The van der Waals surface area contributed by atoms with Crippen molar-refractivity contribution in [2.75, 3.05) is 20.3 Å². The van der Waals surface area contributed by atoms with E-state index in [1.54, 1.807) is 0 Å². The lowest BCUT2D eigenvalue weighted by Crippen LogP contribution is -2.62. The third kappa shape index (κ3) is 4.65.